The maximum absolute atomic E-state index is 10.3. The molecule has 18 heavy (non-hydrogen) atoms. The molecule has 0 spiro atoms. The lowest BCUT2D eigenvalue weighted by Crippen LogP contribution is -2.45. The average Bonchev–Trinajstić information content (AvgIpc) is 2.77. The number of rotatable bonds is 0. The van der Waals surface area contributed by atoms with Gasteiger partial charge in [-0.25, -0.2) is 0 Å². The number of H-pyrrole nitrogens is 1. The summed E-state index contributed by atoms with van der Waals surface area (Å²) in [6.45, 7) is 2.20. The highest BCUT2D eigenvalue weighted by molar-refractivity contribution is 5.85. The maximum atomic E-state index is 10.3. The second-order valence-electron chi connectivity index (χ2n) is 5.50. The zero-order chi connectivity index (χ0) is 12.1. The van der Waals surface area contributed by atoms with Crippen LogP contribution in [0.2, 0.25) is 0 Å². The normalized spacial score (nSPS) is 28.1. The molecule has 0 bridgehead atoms. The molecule has 4 rings (SSSR count). The van der Waals surface area contributed by atoms with Crippen molar-refractivity contribution >= 4 is 10.9 Å². The largest absolute Gasteiger partial charge is 0.391 e. The van der Waals surface area contributed by atoms with Gasteiger partial charge in [-0.05, 0) is 37.4 Å². The minimum Gasteiger partial charge on any atom is -0.391 e. The number of benzene rings is 1. The van der Waals surface area contributed by atoms with Crippen LogP contribution in [0, 0.1) is 0 Å². The summed E-state index contributed by atoms with van der Waals surface area (Å²) < 4.78 is 0. The van der Waals surface area contributed by atoms with Crippen molar-refractivity contribution in [2.45, 2.75) is 31.4 Å². The van der Waals surface area contributed by atoms with Gasteiger partial charge in [-0.15, -0.1) is 0 Å². The molecule has 0 radical (unpaired) electrons. The van der Waals surface area contributed by atoms with Crippen LogP contribution in [-0.4, -0.2) is 34.2 Å². The third kappa shape index (κ3) is 1.38. The van der Waals surface area contributed by atoms with E-state index in [-0.39, 0.29) is 12.1 Å². The van der Waals surface area contributed by atoms with E-state index in [9.17, 15) is 5.11 Å². The van der Waals surface area contributed by atoms with Gasteiger partial charge in [0.25, 0.3) is 0 Å². The first-order valence-electron chi connectivity index (χ1n) is 6.86. The number of nitrogens with one attached hydrogen (secondary N) is 1. The van der Waals surface area contributed by atoms with Crippen LogP contribution in [-0.2, 0) is 6.42 Å². The minimum absolute atomic E-state index is 0.190. The zero-order valence-electron chi connectivity index (χ0n) is 10.4. The van der Waals surface area contributed by atoms with Crippen LogP contribution >= 0.6 is 0 Å². The molecule has 1 aromatic heterocycles. The van der Waals surface area contributed by atoms with E-state index in [0.29, 0.717) is 0 Å². The van der Waals surface area contributed by atoms with Gasteiger partial charge in [-0.3, -0.25) is 4.90 Å². The maximum Gasteiger partial charge on any atom is 0.0764 e. The molecule has 2 atom stereocenters. The SMILES string of the molecule is O[C@H]1CCCN2CCc3c([nH]c4ccccc34)[C@H]12. The monoisotopic (exact) mass is 242 g/mol. The molecule has 1 aromatic carbocycles. The molecular weight excluding hydrogens is 224 g/mol. The molecule has 0 aliphatic carbocycles. The van der Waals surface area contributed by atoms with E-state index in [0.717, 1.165) is 32.4 Å². The van der Waals surface area contributed by atoms with E-state index >= 15 is 0 Å². The smallest absolute Gasteiger partial charge is 0.0764 e. The first kappa shape index (κ1) is 10.6. The van der Waals surface area contributed by atoms with Crippen LogP contribution in [0.15, 0.2) is 24.3 Å². The van der Waals surface area contributed by atoms with Gasteiger partial charge in [0.15, 0.2) is 0 Å². The fourth-order valence-electron chi connectivity index (χ4n) is 3.67. The molecule has 2 aliphatic heterocycles. The number of aliphatic hydroxyl groups is 1. The molecular formula is C15H18N2O. The molecule has 3 nitrogen and oxygen atoms in total. The number of aromatic nitrogens is 1. The first-order chi connectivity index (χ1) is 8.84. The Morgan fingerprint density at radius 1 is 1.22 bits per heavy atom. The van der Waals surface area contributed by atoms with Crippen LogP contribution < -0.4 is 0 Å². The molecule has 0 unspecified atom stereocenters. The molecule has 1 saturated heterocycles. The Morgan fingerprint density at radius 2 is 2.11 bits per heavy atom. The van der Waals surface area contributed by atoms with Crippen LogP contribution in [0.5, 0.6) is 0 Å². The van der Waals surface area contributed by atoms with Crippen molar-refractivity contribution in [3.05, 3.63) is 35.5 Å². The number of nitrogens with zero attached hydrogens (tertiary/aromatic N) is 1. The van der Waals surface area contributed by atoms with Gasteiger partial charge < -0.3 is 10.1 Å². The summed E-state index contributed by atoms with van der Waals surface area (Å²) in [5.74, 6) is 0. The summed E-state index contributed by atoms with van der Waals surface area (Å²) in [7, 11) is 0. The van der Waals surface area contributed by atoms with Gasteiger partial charge in [-0.2, -0.15) is 0 Å². The summed E-state index contributed by atoms with van der Waals surface area (Å²) >= 11 is 0. The summed E-state index contributed by atoms with van der Waals surface area (Å²) in [6, 6.07) is 8.68. The fraction of sp³-hybridized carbons (Fsp3) is 0.467. The summed E-state index contributed by atoms with van der Waals surface area (Å²) in [6.07, 6.45) is 2.93. The zero-order valence-corrected chi connectivity index (χ0v) is 10.4. The Balaban J connectivity index is 1.90. The predicted molar refractivity (Wildman–Crippen MR) is 71.6 cm³/mol. The van der Waals surface area contributed by atoms with E-state index in [2.05, 4.69) is 34.1 Å². The Morgan fingerprint density at radius 3 is 3.06 bits per heavy atom. The second-order valence-corrected chi connectivity index (χ2v) is 5.50. The summed E-state index contributed by atoms with van der Waals surface area (Å²) in [4.78, 5) is 5.98. The molecule has 3 heterocycles. The Labute approximate surface area is 106 Å². The molecule has 2 N–H and O–H groups in total. The van der Waals surface area contributed by atoms with Gasteiger partial charge in [0, 0.05) is 23.1 Å². The lowest BCUT2D eigenvalue weighted by molar-refractivity contribution is 0.00272. The van der Waals surface area contributed by atoms with Crippen molar-refractivity contribution in [2.24, 2.45) is 0 Å². The Bertz CT molecular complexity index is 589. The molecule has 2 aliphatic rings. The minimum atomic E-state index is -0.217. The number of hydrogen-bond donors (Lipinski definition) is 2. The van der Waals surface area contributed by atoms with E-state index < -0.39 is 0 Å². The summed E-state index contributed by atoms with van der Waals surface area (Å²) in [5, 5.41) is 11.7. The fourth-order valence-corrected chi connectivity index (χ4v) is 3.67. The number of hydrogen-bond acceptors (Lipinski definition) is 2. The summed E-state index contributed by atoms with van der Waals surface area (Å²) in [5.41, 5.74) is 3.89. The van der Waals surface area contributed by atoms with Crippen LogP contribution in [0.4, 0.5) is 0 Å². The van der Waals surface area contributed by atoms with Crippen LogP contribution in [0.25, 0.3) is 10.9 Å². The van der Waals surface area contributed by atoms with Crippen molar-refractivity contribution in [1.82, 2.24) is 9.88 Å². The van der Waals surface area contributed by atoms with Crippen molar-refractivity contribution in [3.8, 4) is 0 Å². The number of piperidine rings is 1. The predicted octanol–water partition coefficient (Wildman–Crippen LogP) is 2.22. The van der Waals surface area contributed by atoms with Crippen molar-refractivity contribution in [3.63, 3.8) is 0 Å². The molecule has 1 fully saturated rings. The Hall–Kier alpha value is -1.32. The molecule has 2 aromatic rings. The van der Waals surface area contributed by atoms with E-state index in [4.69, 9.17) is 0 Å². The van der Waals surface area contributed by atoms with Gasteiger partial charge in [0.2, 0.25) is 0 Å². The first-order valence-corrected chi connectivity index (χ1v) is 6.86. The van der Waals surface area contributed by atoms with Crippen molar-refractivity contribution in [1.29, 1.82) is 0 Å². The molecule has 0 saturated carbocycles. The van der Waals surface area contributed by atoms with Gasteiger partial charge >= 0.3 is 0 Å². The molecule has 0 amide bonds. The topological polar surface area (TPSA) is 39.3 Å². The Kier molecular flexibility index (Phi) is 2.26. The molecule has 3 heteroatoms. The van der Waals surface area contributed by atoms with E-state index in [1.54, 1.807) is 0 Å². The third-order valence-corrected chi connectivity index (χ3v) is 4.49. The van der Waals surface area contributed by atoms with Crippen LogP contribution in [0.3, 0.4) is 0 Å². The third-order valence-electron chi connectivity index (χ3n) is 4.49. The second kappa shape index (κ2) is 3.84. The van der Waals surface area contributed by atoms with Crippen LogP contribution in [0.1, 0.15) is 30.1 Å². The number of aromatic amines is 1. The quantitative estimate of drug-likeness (QED) is 0.743. The lowest BCUT2D eigenvalue weighted by Gasteiger charge is -2.42. The van der Waals surface area contributed by atoms with Crippen molar-refractivity contribution in [2.75, 3.05) is 13.1 Å². The van der Waals surface area contributed by atoms with Gasteiger partial charge in [0.05, 0.1) is 12.1 Å². The number of para-hydroxylation sites is 1. The lowest BCUT2D eigenvalue weighted by atomic mass is 9.89. The number of aliphatic hydroxyl groups excluding tert-OH is 1. The highest BCUT2D eigenvalue weighted by Gasteiger charge is 2.37. The van der Waals surface area contributed by atoms with E-state index in [1.807, 2.05) is 0 Å². The highest BCUT2D eigenvalue weighted by Crippen LogP contribution is 2.39. The molecule has 94 valence electrons. The standard InChI is InChI=1S/C15H18N2O/c18-13-6-3-8-17-9-7-11-10-4-1-2-5-12(10)16-14(11)15(13)17/h1-2,4-5,13,15-16,18H,3,6-9H2/t13-,15-/m0/s1. The average molecular weight is 242 g/mol. The highest BCUT2D eigenvalue weighted by atomic mass is 16.3. The van der Waals surface area contributed by atoms with Gasteiger partial charge in [0.1, 0.15) is 0 Å². The van der Waals surface area contributed by atoms with E-state index in [1.165, 1.54) is 22.2 Å². The van der Waals surface area contributed by atoms with Gasteiger partial charge in [-0.1, -0.05) is 18.2 Å². The number of fused-ring (bicyclic) bond motifs is 5. The van der Waals surface area contributed by atoms with Crippen molar-refractivity contribution < 1.29 is 5.11 Å².